The monoisotopic (exact) mass is 230 g/mol. The van der Waals surface area contributed by atoms with Gasteiger partial charge >= 0.3 is 0 Å². The van der Waals surface area contributed by atoms with E-state index in [2.05, 4.69) is 39.1 Å². The SMILES string of the molecule is C=C(C)Cc1ccc(OC(=C)CCC)c(C)c1. The number of hydrogen-bond donors (Lipinski definition) is 0. The summed E-state index contributed by atoms with van der Waals surface area (Å²) in [4.78, 5) is 0. The summed E-state index contributed by atoms with van der Waals surface area (Å²) in [5, 5.41) is 0. The molecule has 0 aromatic heterocycles. The molecule has 0 aliphatic rings. The van der Waals surface area contributed by atoms with Crippen molar-refractivity contribution in [3.05, 3.63) is 53.8 Å². The van der Waals surface area contributed by atoms with Crippen LogP contribution in [0.3, 0.4) is 0 Å². The normalized spacial score (nSPS) is 10.1. The molecule has 1 aromatic rings. The van der Waals surface area contributed by atoms with Crippen LogP contribution in [0, 0.1) is 6.92 Å². The van der Waals surface area contributed by atoms with Gasteiger partial charge in [-0.25, -0.2) is 0 Å². The van der Waals surface area contributed by atoms with Gasteiger partial charge in [0.05, 0.1) is 5.76 Å². The summed E-state index contributed by atoms with van der Waals surface area (Å²) >= 11 is 0. The molecule has 0 saturated carbocycles. The first kappa shape index (κ1) is 13.6. The molecule has 0 saturated heterocycles. The Morgan fingerprint density at radius 1 is 1.29 bits per heavy atom. The highest BCUT2D eigenvalue weighted by molar-refractivity contribution is 5.38. The van der Waals surface area contributed by atoms with Crippen molar-refractivity contribution in [2.75, 3.05) is 0 Å². The van der Waals surface area contributed by atoms with Crippen molar-refractivity contribution >= 4 is 0 Å². The minimum Gasteiger partial charge on any atom is -0.462 e. The lowest BCUT2D eigenvalue weighted by Crippen LogP contribution is -1.96. The number of allylic oxidation sites excluding steroid dienone is 2. The summed E-state index contributed by atoms with van der Waals surface area (Å²) < 4.78 is 5.73. The molecule has 1 nitrogen and oxygen atoms in total. The van der Waals surface area contributed by atoms with Crippen LogP contribution in [0.25, 0.3) is 0 Å². The van der Waals surface area contributed by atoms with Crippen LogP contribution < -0.4 is 4.74 Å². The fourth-order valence-electron chi connectivity index (χ4n) is 1.77. The average Bonchev–Trinajstić information content (AvgIpc) is 2.21. The predicted octanol–water partition coefficient (Wildman–Crippen LogP) is 4.81. The van der Waals surface area contributed by atoms with Gasteiger partial charge in [-0.3, -0.25) is 0 Å². The van der Waals surface area contributed by atoms with Gasteiger partial charge in [-0.05, 0) is 43.9 Å². The van der Waals surface area contributed by atoms with Crippen LogP contribution in [-0.4, -0.2) is 0 Å². The van der Waals surface area contributed by atoms with E-state index in [4.69, 9.17) is 4.74 Å². The molecule has 92 valence electrons. The summed E-state index contributed by atoms with van der Waals surface area (Å²) in [6, 6.07) is 6.27. The number of ether oxygens (including phenoxy) is 1. The van der Waals surface area contributed by atoms with Crippen molar-refractivity contribution in [2.45, 2.75) is 40.0 Å². The fourth-order valence-corrected chi connectivity index (χ4v) is 1.77. The average molecular weight is 230 g/mol. The molecule has 1 rings (SSSR count). The van der Waals surface area contributed by atoms with Crippen LogP contribution >= 0.6 is 0 Å². The van der Waals surface area contributed by atoms with E-state index in [1.807, 2.05) is 13.0 Å². The summed E-state index contributed by atoms with van der Waals surface area (Å²) in [5.74, 6) is 1.75. The third-order valence-electron chi connectivity index (χ3n) is 2.53. The van der Waals surface area contributed by atoms with E-state index >= 15 is 0 Å². The van der Waals surface area contributed by atoms with Crippen molar-refractivity contribution < 1.29 is 4.74 Å². The summed E-state index contributed by atoms with van der Waals surface area (Å²) in [6.45, 7) is 14.1. The van der Waals surface area contributed by atoms with E-state index < -0.39 is 0 Å². The molecular formula is C16H22O. The molecule has 0 atom stereocenters. The Morgan fingerprint density at radius 3 is 2.53 bits per heavy atom. The van der Waals surface area contributed by atoms with Crippen LogP contribution in [0.15, 0.2) is 42.7 Å². The Kier molecular flexibility index (Phi) is 5.02. The minimum atomic E-state index is 0.836. The highest BCUT2D eigenvalue weighted by Gasteiger charge is 2.03. The quantitative estimate of drug-likeness (QED) is 0.503. The van der Waals surface area contributed by atoms with Gasteiger partial charge in [0.2, 0.25) is 0 Å². The predicted molar refractivity (Wildman–Crippen MR) is 74.4 cm³/mol. The Morgan fingerprint density at radius 2 is 2.00 bits per heavy atom. The number of hydrogen-bond acceptors (Lipinski definition) is 1. The molecule has 0 fully saturated rings. The van der Waals surface area contributed by atoms with E-state index in [9.17, 15) is 0 Å². The molecule has 0 aliphatic heterocycles. The fraction of sp³-hybridized carbons (Fsp3) is 0.375. The van der Waals surface area contributed by atoms with Gasteiger partial charge in [-0.1, -0.05) is 37.8 Å². The molecule has 1 aromatic carbocycles. The first-order valence-electron chi connectivity index (χ1n) is 6.12. The van der Waals surface area contributed by atoms with Gasteiger partial charge < -0.3 is 4.74 Å². The molecule has 0 spiro atoms. The molecule has 1 heteroatoms. The molecule has 17 heavy (non-hydrogen) atoms. The van der Waals surface area contributed by atoms with E-state index in [0.29, 0.717) is 0 Å². The van der Waals surface area contributed by atoms with Crippen LogP contribution in [0.4, 0.5) is 0 Å². The lowest BCUT2D eigenvalue weighted by molar-refractivity contribution is 0.401. The number of rotatable bonds is 6. The maximum atomic E-state index is 5.73. The molecule has 0 N–H and O–H groups in total. The van der Waals surface area contributed by atoms with Crippen LogP contribution in [0.2, 0.25) is 0 Å². The first-order chi connectivity index (χ1) is 8.02. The Labute approximate surface area is 105 Å². The minimum absolute atomic E-state index is 0.836. The number of aryl methyl sites for hydroxylation is 1. The van der Waals surface area contributed by atoms with Crippen LogP contribution in [0.1, 0.15) is 37.8 Å². The Bertz CT molecular complexity index is 416. The molecule has 0 heterocycles. The second-order valence-corrected chi connectivity index (χ2v) is 4.62. The molecule has 0 unspecified atom stereocenters. The lowest BCUT2D eigenvalue weighted by atomic mass is 10.0. The highest BCUT2D eigenvalue weighted by atomic mass is 16.5. The third-order valence-corrected chi connectivity index (χ3v) is 2.53. The van der Waals surface area contributed by atoms with Crippen LogP contribution in [-0.2, 0) is 6.42 Å². The zero-order valence-electron chi connectivity index (χ0n) is 11.2. The van der Waals surface area contributed by atoms with Gasteiger partial charge in [-0.2, -0.15) is 0 Å². The van der Waals surface area contributed by atoms with Gasteiger partial charge in [0.25, 0.3) is 0 Å². The molecule has 0 aliphatic carbocycles. The first-order valence-corrected chi connectivity index (χ1v) is 6.12. The topological polar surface area (TPSA) is 9.23 Å². The molecular weight excluding hydrogens is 208 g/mol. The van der Waals surface area contributed by atoms with Crippen molar-refractivity contribution in [1.29, 1.82) is 0 Å². The zero-order valence-corrected chi connectivity index (χ0v) is 11.2. The lowest BCUT2D eigenvalue weighted by Gasteiger charge is -2.11. The largest absolute Gasteiger partial charge is 0.462 e. The maximum Gasteiger partial charge on any atom is 0.129 e. The van der Waals surface area contributed by atoms with Crippen LogP contribution in [0.5, 0.6) is 5.75 Å². The maximum absolute atomic E-state index is 5.73. The molecule has 0 amide bonds. The summed E-state index contributed by atoms with van der Waals surface area (Å²) in [5.41, 5.74) is 3.61. The Balaban J connectivity index is 2.75. The van der Waals surface area contributed by atoms with Crippen molar-refractivity contribution in [3.8, 4) is 5.75 Å². The second kappa shape index (κ2) is 6.29. The van der Waals surface area contributed by atoms with E-state index in [1.165, 1.54) is 11.1 Å². The van der Waals surface area contributed by atoms with E-state index in [-0.39, 0.29) is 0 Å². The van der Waals surface area contributed by atoms with Gasteiger partial charge in [0.15, 0.2) is 0 Å². The van der Waals surface area contributed by atoms with Gasteiger partial charge in [0, 0.05) is 6.42 Å². The standard InChI is InChI=1S/C16H22O/c1-6-7-14(5)17-16-9-8-15(10-12(2)3)11-13(16)4/h8-9,11H,2,5-7,10H2,1,3-4H3. The third kappa shape index (κ3) is 4.48. The van der Waals surface area contributed by atoms with Crippen molar-refractivity contribution in [3.63, 3.8) is 0 Å². The zero-order chi connectivity index (χ0) is 12.8. The molecule has 0 bridgehead atoms. The van der Waals surface area contributed by atoms with E-state index in [0.717, 1.165) is 36.3 Å². The number of benzene rings is 1. The Hall–Kier alpha value is -1.50. The smallest absolute Gasteiger partial charge is 0.129 e. The van der Waals surface area contributed by atoms with Crippen molar-refractivity contribution in [2.24, 2.45) is 0 Å². The van der Waals surface area contributed by atoms with Gasteiger partial charge in [-0.15, -0.1) is 0 Å². The second-order valence-electron chi connectivity index (χ2n) is 4.62. The van der Waals surface area contributed by atoms with Gasteiger partial charge in [0.1, 0.15) is 5.75 Å². The van der Waals surface area contributed by atoms with E-state index in [1.54, 1.807) is 0 Å². The summed E-state index contributed by atoms with van der Waals surface area (Å²) in [6.07, 6.45) is 2.90. The highest BCUT2D eigenvalue weighted by Crippen LogP contribution is 2.23. The summed E-state index contributed by atoms with van der Waals surface area (Å²) in [7, 11) is 0. The molecule has 0 radical (unpaired) electrons. The van der Waals surface area contributed by atoms with Crippen molar-refractivity contribution in [1.82, 2.24) is 0 Å².